The van der Waals surface area contributed by atoms with Crippen molar-refractivity contribution in [2.24, 2.45) is 0 Å². The van der Waals surface area contributed by atoms with Gasteiger partial charge in [-0.15, -0.1) is 0 Å². The van der Waals surface area contributed by atoms with E-state index < -0.39 is 6.10 Å². The minimum Gasteiger partial charge on any atom is -0.462 e. The summed E-state index contributed by atoms with van der Waals surface area (Å²) in [6, 6.07) is 0. The molecule has 0 fully saturated rings. The summed E-state index contributed by atoms with van der Waals surface area (Å²) in [5.41, 5.74) is 0. The quantitative estimate of drug-likeness (QED) is 0.0261. The van der Waals surface area contributed by atoms with E-state index in [1.807, 2.05) is 12.2 Å². The highest BCUT2D eigenvalue weighted by molar-refractivity contribution is 5.71. The Morgan fingerprint density at radius 1 is 0.266 bits per heavy atom. The molecule has 0 rings (SSSR count). The Hall–Kier alpha value is -4.97. The van der Waals surface area contributed by atoms with Gasteiger partial charge in [0.2, 0.25) is 0 Å². The summed E-state index contributed by atoms with van der Waals surface area (Å²) in [6.07, 6.45) is 95.6. The average molecular weight is 1090 g/mol. The zero-order chi connectivity index (χ0) is 57.1. The molecule has 6 nitrogen and oxygen atoms in total. The van der Waals surface area contributed by atoms with Crippen LogP contribution in [0.15, 0.2) is 158 Å². The van der Waals surface area contributed by atoms with Gasteiger partial charge in [-0.05, 0) is 109 Å². The fraction of sp³-hybridized carbons (Fsp3) is 0.603. The largest absolute Gasteiger partial charge is 0.462 e. The summed E-state index contributed by atoms with van der Waals surface area (Å²) < 4.78 is 16.8. The summed E-state index contributed by atoms with van der Waals surface area (Å²) in [5.74, 6) is -1.07. The van der Waals surface area contributed by atoms with Crippen molar-refractivity contribution in [1.82, 2.24) is 0 Å². The van der Waals surface area contributed by atoms with Crippen molar-refractivity contribution >= 4 is 17.9 Å². The second-order valence-electron chi connectivity index (χ2n) is 20.6. The molecule has 0 aromatic carbocycles. The molecule has 0 saturated heterocycles. The number of unbranched alkanes of at least 4 members (excludes halogenated alkanes) is 19. The fourth-order valence-electron chi connectivity index (χ4n) is 8.34. The van der Waals surface area contributed by atoms with Gasteiger partial charge in [0.05, 0.1) is 0 Å². The first-order valence-corrected chi connectivity index (χ1v) is 32.0. The maximum Gasteiger partial charge on any atom is 0.306 e. The third-order valence-corrected chi connectivity index (χ3v) is 13.0. The Balaban J connectivity index is 4.48. The van der Waals surface area contributed by atoms with Crippen LogP contribution in [0.3, 0.4) is 0 Å². The predicted octanol–water partition coefficient (Wildman–Crippen LogP) is 22.1. The summed E-state index contributed by atoms with van der Waals surface area (Å²) in [6.45, 7) is 6.30. The van der Waals surface area contributed by atoms with Crippen LogP contribution in [0.2, 0.25) is 0 Å². The van der Waals surface area contributed by atoms with Crippen LogP contribution in [0, 0.1) is 0 Å². The lowest BCUT2D eigenvalue weighted by atomic mass is 10.0. The second-order valence-corrected chi connectivity index (χ2v) is 20.6. The third-order valence-electron chi connectivity index (χ3n) is 13.0. The van der Waals surface area contributed by atoms with Crippen molar-refractivity contribution in [2.45, 2.75) is 271 Å². The Morgan fingerprint density at radius 2 is 0.519 bits per heavy atom. The van der Waals surface area contributed by atoms with Crippen molar-refractivity contribution < 1.29 is 28.6 Å². The molecule has 0 heterocycles. The Morgan fingerprint density at radius 3 is 0.835 bits per heavy atom. The van der Waals surface area contributed by atoms with Gasteiger partial charge < -0.3 is 14.2 Å². The number of carbonyl (C=O) groups is 3. The van der Waals surface area contributed by atoms with Crippen molar-refractivity contribution in [1.29, 1.82) is 0 Å². The summed E-state index contributed by atoms with van der Waals surface area (Å²) in [4.78, 5) is 38.2. The molecule has 0 bridgehead atoms. The first-order valence-electron chi connectivity index (χ1n) is 32.0. The molecule has 0 aliphatic carbocycles. The zero-order valence-corrected chi connectivity index (χ0v) is 50.8. The van der Waals surface area contributed by atoms with Crippen molar-refractivity contribution in [3.63, 3.8) is 0 Å². The predicted molar refractivity (Wildman–Crippen MR) is 343 cm³/mol. The minimum absolute atomic E-state index is 0.135. The highest BCUT2D eigenvalue weighted by atomic mass is 16.6. The smallest absolute Gasteiger partial charge is 0.306 e. The molecule has 0 spiro atoms. The van der Waals surface area contributed by atoms with Crippen LogP contribution in [0.1, 0.15) is 265 Å². The Labute approximate surface area is 486 Å². The molecule has 1 atom stereocenters. The zero-order valence-electron chi connectivity index (χ0n) is 50.8. The van der Waals surface area contributed by atoms with Gasteiger partial charge in [-0.2, -0.15) is 0 Å². The highest BCUT2D eigenvalue weighted by Crippen LogP contribution is 2.16. The van der Waals surface area contributed by atoms with E-state index >= 15 is 0 Å². The van der Waals surface area contributed by atoms with Gasteiger partial charge in [-0.25, -0.2) is 0 Å². The standard InChI is InChI=1S/C73H116O6/c1-4-7-10-13-16-19-22-25-27-29-31-32-33-34-35-36-37-38-39-40-42-43-45-48-51-54-57-60-63-66-72(75)78-69-70(68-77-71(74)65-62-59-56-53-50-47-24-21-18-15-12-9-6-3)79-73(76)67-64-61-58-55-52-49-46-44-41-30-28-26-23-20-17-14-11-8-5-2/h7,9-10,12,16,18-19,21,25,27,31-32,34-35,37-38,40,42,45,47-48,50,54,56-57,59,70H,4-6,8,11,13-15,17,20,22-24,26,28-30,33,36,39,41,43-44,46,49,51-53,55,58,60-69H2,1-3H3/b10-7-,12-9-,19-16-,21-18-,27-25-,32-31-,35-34-,38-37-,42-40-,48-45-,50-47-,57-54-,59-56-. The summed E-state index contributed by atoms with van der Waals surface area (Å²) in [5, 5.41) is 0. The van der Waals surface area contributed by atoms with E-state index in [9.17, 15) is 14.4 Å². The van der Waals surface area contributed by atoms with Crippen molar-refractivity contribution in [2.75, 3.05) is 13.2 Å². The van der Waals surface area contributed by atoms with Crippen molar-refractivity contribution in [3.05, 3.63) is 158 Å². The Bertz CT molecular complexity index is 1780. The molecule has 0 amide bonds. The van der Waals surface area contributed by atoms with Gasteiger partial charge in [0.15, 0.2) is 6.10 Å². The molecule has 1 unspecified atom stereocenters. The van der Waals surface area contributed by atoms with Gasteiger partial charge in [0.25, 0.3) is 0 Å². The molecule has 0 aliphatic rings. The molecular formula is C73H116O6. The number of carbonyl (C=O) groups excluding carboxylic acids is 3. The first-order chi connectivity index (χ1) is 39.0. The van der Waals surface area contributed by atoms with Crippen LogP contribution < -0.4 is 0 Å². The van der Waals surface area contributed by atoms with E-state index in [0.717, 1.165) is 109 Å². The van der Waals surface area contributed by atoms with E-state index in [0.29, 0.717) is 19.3 Å². The number of hydrogen-bond acceptors (Lipinski definition) is 6. The topological polar surface area (TPSA) is 78.9 Å². The lowest BCUT2D eigenvalue weighted by molar-refractivity contribution is -0.166. The second kappa shape index (κ2) is 65.5. The van der Waals surface area contributed by atoms with Crippen LogP contribution in [-0.2, 0) is 28.6 Å². The number of rotatable bonds is 56. The molecule has 0 saturated carbocycles. The van der Waals surface area contributed by atoms with E-state index in [1.165, 1.54) is 103 Å². The van der Waals surface area contributed by atoms with E-state index in [4.69, 9.17) is 14.2 Å². The molecule has 0 aliphatic heterocycles. The maximum absolute atomic E-state index is 12.9. The van der Waals surface area contributed by atoms with Gasteiger partial charge in [0, 0.05) is 19.3 Å². The number of ether oxygens (including phenoxy) is 3. The van der Waals surface area contributed by atoms with Gasteiger partial charge in [0.1, 0.15) is 13.2 Å². The fourth-order valence-corrected chi connectivity index (χ4v) is 8.34. The lowest BCUT2D eigenvalue weighted by Crippen LogP contribution is -2.30. The minimum atomic E-state index is -0.837. The monoisotopic (exact) mass is 1090 g/mol. The highest BCUT2D eigenvalue weighted by Gasteiger charge is 2.19. The van der Waals surface area contributed by atoms with Crippen LogP contribution in [0.4, 0.5) is 0 Å². The molecule has 0 N–H and O–H groups in total. The molecular weight excluding hydrogens is 973 g/mol. The molecule has 0 radical (unpaired) electrons. The van der Waals surface area contributed by atoms with Crippen LogP contribution in [-0.4, -0.2) is 37.2 Å². The van der Waals surface area contributed by atoms with Crippen LogP contribution >= 0.6 is 0 Å². The normalized spacial score (nSPS) is 13.2. The third kappa shape index (κ3) is 63.7. The van der Waals surface area contributed by atoms with E-state index in [-0.39, 0.29) is 44.0 Å². The molecule has 444 valence electrons. The molecule has 79 heavy (non-hydrogen) atoms. The maximum atomic E-state index is 12.9. The number of allylic oxidation sites excluding steroid dienone is 26. The molecule has 0 aromatic rings. The Kier molecular flexibility index (Phi) is 61.4. The molecule has 0 aromatic heterocycles. The van der Waals surface area contributed by atoms with Crippen LogP contribution in [0.25, 0.3) is 0 Å². The number of hydrogen-bond donors (Lipinski definition) is 0. The van der Waals surface area contributed by atoms with Gasteiger partial charge in [-0.1, -0.05) is 294 Å². The van der Waals surface area contributed by atoms with E-state index in [1.54, 1.807) is 0 Å². The van der Waals surface area contributed by atoms with E-state index in [2.05, 4.69) is 167 Å². The van der Waals surface area contributed by atoms with Crippen molar-refractivity contribution in [3.8, 4) is 0 Å². The van der Waals surface area contributed by atoms with Gasteiger partial charge in [-0.3, -0.25) is 14.4 Å². The first kappa shape index (κ1) is 74.0. The average Bonchev–Trinajstić information content (AvgIpc) is 3.45. The summed E-state index contributed by atoms with van der Waals surface area (Å²) >= 11 is 0. The lowest BCUT2D eigenvalue weighted by Gasteiger charge is -2.18. The number of esters is 3. The summed E-state index contributed by atoms with van der Waals surface area (Å²) in [7, 11) is 0. The van der Waals surface area contributed by atoms with Crippen LogP contribution in [0.5, 0.6) is 0 Å². The van der Waals surface area contributed by atoms with Gasteiger partial charge >= 0.3 is 17.9 Å². The molecule has 6 heteroatoms. The SMILES string of the molecule is CC/C=C\C/C=C\C/C=C\C/C=C\C/C=C\C/C=C\C/C=C\C/C=C\C/C=C\CCCC(=O)OCC(COC(=O)CC/C=C\C/C=C\C/C=C\C/C=C\CC)OC(=O)CCCCCCCCCCCCCCCCCCCCC.